The normalized spacial score (nSPS) is 12.3. The molecule has 0 aliphatic carbocycles. The van der Waals surface area contributed by atoms with Crippen LogP contribution in [0.2, 0.25) is 0 Å². The van der Waals surface area contributed by atoms with E-state index < -0.39 is 11.6 Å². The summed E-state index contributed by atoms with van der Waals surface area (Å²) >= 11 is 0. The van der Waals surface area contributed by atoms with Gasteiger partial charge >= 0.3 is 0 Å². The van der Waals surface area contributed by atoms with E-state index in [1.165, 1.54) is 18.2 Å². The molecule has 0 spiro atoms. The summed E-state index contributed by atoms with van der Waals surface area (Å²) in [6.45, 7) is 5.38. The first-order chi connectivity index (χ1) is 12.5. The average Bonchev–Trinajstić information content (AvgIpc) is 2.63. The highest BCUT2D eigenvalue weighted by atomic mass is 19.2. The minimum Gasteiger partial charge on any atom is -0.486 e. The van der Waals surface area contributed by atoms with E-state index in [4.69, 9.17) is 4.74 Å². The molecule has 0 aliphatic heterocycles. The third-order valence-corrected chi connectivity index (χ3v) is 3.93. The van der Waals surface area contributed by atoms with Crippen LogP contribution in [0, 0.1) is 11.6 Å². The van der Waals surface area contributed by atoms with Crippen LogP contribution in [0.5, 0.6) is 5.75 Å². The number of aliphatic hydroxyl groups is 1. The second kappa shape index (κ2) is 9.88. The smallest absolute Gasteiger partial charge is 0.201 e. The topological polar surface area (TPSA) is 29.5 Å². The highest BCUT2D eigenvalue weighted by Gasteiger charge is 2.15. The highest BCUT2D eigenvalue weighted by molar-refractivity contribution is 5.67. The fourth-order valence-corrected chi connectivity index (χ4v) is 2.54. The van der Waals surface area contributed by atoms with E-state index in [1.54, 1.807) is 19.1 Å². The average molecular weight is 358 g/mol. The van der Waals surface area contributed by atoms with E-state index in [-0.39, 0.29) is 24.0 Å². The van der Waals surface area contributed by atoms with Crippen molar-refractivity contribution in [1.29, 1.82) is 0 Å². The zero-order valence-electron chi connectivity index (χ0n) is 14.9. The fraction of sp³-hybridized carbons (Fsp3) is 0.273. The quantitative estimate of drug-likeness (QED) is 0.456. The Balaban J connectivity index is 2.07. The second-order valence-corrected chi connectivity index (χ2v) is 6.14. The Morgan fingerprint density at radius 2 is 1.85 bits per heavy atom. The van der Waals surface area contributed by atoms with E-state index in [2.05, 4.69) is 6.58 Å². The molecular weight excluding hydrogens is 334 g/mol. The van der Waals surface area contributed by atoms with Crippen molar-refractivity contribution in [2.45, 2.75) is 32.3 Å². The Morgan fingerprint density at radius 1 is 1.12 bits per heavy atom. The lowest BCUT2D eigenvalue weighted by Gasteiger charge is -2.09. The number of allylic oxidation sites excluding steroid dienone is 1. The van der Waals surface area contributed by atoms with Gasteiger partial charge in [-0.15, -0.1) is 0 Å². The molecular formula is C22H24F2O2. The summed E-state index contributed by atoms with van der Waals surface area (Å²) in [5.41, 5.74) is 1.78. The second-order valence-electron chi connectivity index (χ2n) is 6.14. The van der Waals surface area contributed by atoms with E-state index in [1.807, 2.05) is 24.3 Å². The lowest BCUT2D eigenvalue weighted by molar-refractivity contribution is 0.182. The van der Waals surface area contributed by atoms with Crippen LogP contribution >= 0.6 is 0 Å². The Bertz CT molecular complexity index is 749. The molecule has 0 aliphatic rings. The van der Waals surface area contributed by atoms with Gasteiger partial charge in [-0.05, 0) is 49.4 Å². The van der Waals surface area contributed by atoms with Crippen LogP contribution < -0.4 is 4.74 Å². The minimum atomic E-state index is -0.994. The molecule has 0 fully saturated rings. The predicted octanol–water partition coefficient (Wildman–Crippen LogP) is 5.76. The number of halogens is 2. The zero-order valence-corrected chi connectivity index (χ0v) is 14.9. The molecule has 0 heterocycles. The molecule has 2 rings (SSSR count). The summed E-state index contributed by atoms with van der Waals surface area (Å²) < 4.78 is 33.5. The molecule has 2 aromatic rings. The number of rotatable bonds is 9. The van der Waals surface area contributed by atoms with E-state index in [0.29, 0.717) is 5.56 Å². The first-order valence-electron chi connectivity index (χ1n) is 8.69. The number of benzene rings is 2. The van der Waals surface area contributed by atoms with Crippen LogP contribution in [0.4, 0.5) is 8.78 Å². The van der Waals surface area contributed by atoms with Gasteiger partial charge in [0.1, 0.15) is 6.61 Å². The van der Waals surface area contributed by atoms with Gasteiger partial charge in [-0.25, -0.2) is 4.39 Å². The largest absolute Gasteiger partial charge is 0.486 e. The maximum atomic E-state index is 14.3. The molecule has 0 bridgehead atoms. The van der Waals surface area contributed by atoms with E-state index >= 15 is 0 Å². The highest BCUT2D eigenvalue weighted by Crippen LogP contribution is 2.30. The van der Waals surface area contributed by atoms with Crippen molar-refractivity contribution < 1.29 is 18.6 Å². The summed E-state index contributed by atoms with van der Waals surface area (Å²) in [5, 5.41) is 9.22. The van der Waals surface area contributed by atoms with Crippen molar-refractivity contribution in [3.8, 4) is 16.9 Å². The summed E-state index contributed by atoms with van der Waals surface area (Å²) in [6.07, 6.45) is 7.82. The molecule has 4 heteroatoms. The van der Waals surface area contributed by atoms with Gasteiger partial charge in [0, 0.05) is 5.56 Å². The number of unbranched alkanes of at least 4 members (excludes halogenated alkanes) is 1. The van der Waals surface area contributed by atoms with Crippen molar-refractivity contribution in [1.82, 2.24) is 0 Å². The van der Waals surface area contributed by atoms with E-state index in [0.717, 1.165) is 24.8 Å². The Kier molecular flexibility index (Phi) is 7.54. The number of aliphatic hydroxyl groups excluding tert-OH is 1. The molecule has 1 N–H and O–H groups in total. The van der Waals surface area contributed by atoms with Crippen LogP contribution in [0.15, 0.2) is 55.1 Å². The molecule has 138 valence electrons. The van der Waals surface area contributed by atoms with E-state index in [9.17, 15) is 13.9 Å². The van der Waals surface area contributed by atoms with Crippen LogP contribution in [0.25, 0.3) is 17.2 Å². The molecule has 26 heavy (non-hydrogen) atoms. The molecule has 0 amide bonds. The monoisotopic (exact) mass is 358 g/mol. The zero-order chi connectivity index (χ0) is 18.9. The Hall–Kier alpha value is -2.46. The van der Waals surface area contributed by atoms with Gasteiger partial charge in [0.15, 0.2) is 11.6 Å². The van der Waals surface area contributed by atoms with Crippen molar-refractivity contribution in [2.24, 2.45) is 0 Å². The van der Waals surface area contributed by atoms with Crippen molar-refractivity contribution in [3.63, 3.8) is 0 Å². The number of ether oxygens (including phenoxy) is 1. The molecule has 0 saturated heterocycles. The van der Waals surface area contributed by atoms with Gasteiger partial charge < -0.3 is 9.84 Å². The maximum Gasteiger partial charge on any atom is 0.201 e. The van der Waals surface area contributed by atoms with Gasteiger partial charge in [-0.1, -0.05) is 49.1 Å². The van der Waals surface area contributed by atoms with Crippen molar-refractivity contribution in [2.75, 3.05) is 6.61 Å². The van der Waals surface area contributed by atoms with Gasteiger partial charge in [0.2, 0.25) is 5.82 Å². The SMILES string of the molecule is C=CCOc1ccc(-c2ccc(/C=C/CCCC(C)O)cc2)c(F)c1F. The molecule has 0 saturated carbocycles. The molecule has 1 atom stereocenters. The van der Waals surface area contributed by atoms with Gasteiger partial charge in [0.05, 0.1) is 6.10 Å². The van der Waals surface area contributed by atoms with Crippen molar-refractivity contribution in [3.05, 3.63) is 72.3 Å². The van der Waals surface area contributed by atoms with Crippen LogP contribution in [-0.4, -0.2) is 17.8 Å². The summed E-state index contributed by atoms with van der Waals surface area (Å²) in [5.74, 6) is -2.04. The predicted molar refractivity (Wildman–Crippen MR) is 102 cm³/mol. The third-order valence-electron chi connectivity index (χ3n) is 3.93. The molecule has 0 radical (unpaired) electrons. The third kappa shape index (κ3) is 5.53. The standard InChI is InChI=1S/C22H24F2O2/c1-3-15-26-20-14-13-19(21(23)22(20)24)18-11-9-17(10-12-18)8-6-4-5-7-16(2)25/h3,6,8-14,16,25H,1,4-5,7,15H2,2H3/b8-6+. The van der Waals surface area contributed by atoms with Crippen LogP contribution in [0.1, 0.15) is 31.7 Å². The Morgan fingerprint density at radius 3 is 2.50 bits per heavy atom. The maximum absolute atomic E-state index is 14.3. The first-order valence-corrected chi connectivity index (χ1v) is 8.69. The lowest BCUT2D eigenvalue weighted by Crippen LogP contribution is -1.99. The van der Waals surface area contributed by atoms with Crippen molar-refractivity contribution >= 4 is 6.08 Å². The molecule has 2 nitrogen and oxygen atoms in total. The summed E-state index contributed by atoms with van der Waals surface area (Å²) in [7, 11) is 0. The Labute approximate surface area is 153 Å². The molecule has 0 aromatic heterocycles. The number of hydrogen-bond acceptors (Lipinski definition) is 2. The molecule has 1 unspecified atom stereocenters. The number of hydrogen-bond donors (Lipinski definition) is 1. The van der Waals surface area contributed by atoms with Crippen LogP contribution in [-0.2, 0) is 0 Å². The summed E-state index contributed by atoms with van der Waals surface area (Å²) in [4.78, 5) is 0. The lowest BCUT2D eigenvalue weighted by atomic mass is 10.0. The van der Waals surface area contributed by atoms with Crippen LogP contribution in [0.3, 0.4) is 0 Å². The summed E-state index contributed by atoms with van der Waals surface area (Å²) in [6, 6.07) is 10.2. The fourth-order valence-electron chi connectivity index (χ4n) is 2.54. The van der Waals surface area contributed by atoms with Gasteiger partial charge in [0.25, 0.3) is 0 Å². The van der Waals surface area contributed by atoms with Gasteiger partial charge in [-0.2, -0.15) is 4.39 Å². The first kappa shape index (κ1) is 19.9. The minimum absolute atomic E-state index is 0.119. The molecule has 2 aromatic carbocycles. The van der Waals surface area contributed by atoms with Gasteiger partial charge in [-0.3, -0.25) is 0 Å².